The maximum absolute atomic E-state index is 10.9. The quantitative estimate of drug-likeness (QED) is 0.853. The van der Waals surface area contributed by atoms with Crippen LogP contribution in [-0.4, -0.2) is 13.0 Å². The van der Waals surface area contributed by atoms with Crippen LogP contribution in [0.25, 0.3) is 11.1 Å². The van der Waals surface area contributed by atoms with E-state index in [2.05, 4.69) is 6.07 Å². The number of hydrogen-bond donors (Lipinski definition) is 1. The van der Waals surface area contributed by atoms with Crippen molar-refractivity contribution in [3.8, 4) is 17.2 Å². The van der Waals surface area contributed by atoms with Gasteiger partial charge in [0.1, 0.15) is 0 Å². The molecule has 0 aliphatic heterocycles. The molecule has 0 aliphatic rings. The normalized spacial score (nSPS) is 11.0. The highest BCUT2D eigenvalue weighted by atomic mass is 32.2. The van der Waals surface area contributed by atoms with E-state index >= 15 is 0 Å². The third-order valence-electron chi connectivity index (χ3n) is 2.83. The minimum Gasteiger partial charge on any atom is -0.282 e. The zero-order valence-electron chi connectivity index (χ0n) is 10.2. The van der Waals surface area contributed by atoms with E-state index in [1.54, 1.807) is 24.3 Å². The van der Waals surface area contributed by atoms with Gasteiger partial charge >= 0.3 is 0 Å². The van der Waals surface area contributed by atoms with E-state index in [0.717, 1.165) is 16.7 Å². The molecule has 0 radical (unpaired) electrons. The number of hydrogen-bond acceptors (Lipinski definition) is 3. The van der Waals surface area contributed by atoms with Gasteiger partial charge in [0, 0.05) is 0 Å². The summed E-state index contributed by atoms with van der Waals surface area (Å²) in [6.07, 6.45) is 0. The highest BCUT2D eigenvalue weighted by molar-refractivity contribution is 7.85. The summed E-state index contributed by atoms with van der Waals surface area (Å²) in [5.41, 5.74) is 3.18. The molecule has 0 saturated carbocycles. The van der Waals surface area contributed by atoms with Crippen LogP contribution < -0.4 is 0 Å². The Bertz CT molecular complexity index is 756. The molecule has 1 N–H and O–H groups in total. The van der Waals surface area contributed by atoms with Crippen molar-refractivity contribution in [2.24, 2.45) is 0 Å². The van der Waals surface area contributed by atoms with Gasteiger partial charge in [-0.05, 0) is 41.8 Å². The van der Waals surface area contributed by atoms with Gasteiger partial charge in [-0.3, -0.25) is 4.55 Å². The van der Waals surface area contributed by atoms with E-state index in [1.807, 2.05) is 13.0 Å². The number of nitrogens with zero attached hydrogens (tertiary/aromatic N) is 1. The lowest BCUT2D eigenvalue weighted by molar-refractivity contribution is 0.483. The molecule has 2 rings (SSSR count). The van der Waals surface area contributed by atoms with Crippen LogP contribution in [0.2, 0.25) is 0 Å². The Kier molecular flexibility index (Phi) is 3.38. The van der Waals surface area contributed by atoms with Gasteiger partial charge in [0.15, 0.2) is 0 Å². The van der Waals surface area contributed by atoms with Gasteiger partial charge in [0.2, 0.25) is 0 Å². The molecule has 0 saturated heterocycles. The topological polar surface area (TPSA) is 78.2 Å². The molecule has 0 fully saturated rings. The average molecular weight is 273 g/mol. The molecule has 5 heteroatoms. The molecule has 0 heterocycles. The first-order valence-corrected chi connectivity index (χ1v) is 6.94. The van der Waals surface area contributed by atoms with E-state index in [-0.39, 0.29) is 4.90 Å². The molecule has 0 unspecified atom stereocenters. The van der Waals surface area contributed by atoms with Crippen LogP contribution in [0.5, 0.6) is 0 Å². The summed E-state index contributed by atoms with van der Waals surface area (Å²) in [4.78, 5) is -0.137. The van der Waals surface area contributed by atoms with Crippen molar-refractivity contribution in [1.82, 2.24) is 0 Å². The van der Waals surface area contributed by atoms with Crippen LogP contribution in [-0.2, 0) is 10.1 Å². The molecule has 2 aromatic carbocycles. The predicted molar refractivity (Wildman–Crippen MR) is 71.1 cm³/mol. The predicted octanol–water partition coefficient (Wildman–Crippen LogP) is 2.78. The van der Waals surface area contributed by atoms with E-state index in [0.29, 0.717) is 5.56 Å². The number of aryl methyl sites for hydroxylation is 1. The first-order chi connectivity index (χ1) is 8.91. The molecular formula is C14H11NO3S. The van der Waals surface area contributed by atoms with Gasteiger partial charge in [0.05, 0.1) is 16.5 Å². The largest absolute Gasteiger partial charge is 0.294 e. The lowest BCUT2D eigenvalue weighted by Crippen LogP contribution is -1.97. The summed E-state index contributed by atoms with van der Waals surface area (Å²) in [6, 6.07) is 13.4. The molecule has 0 spiro atoms. The van der Waals surface area contributed by atoms with Crippen molar-refractivity contribution in [1.29, 1.82) is 5.26 Å². The van der Waals surface area contributed by atoms with Gasteiger partial charge in [-0.15, -0.1) is 0 Å². The van der Waals surface area contributed by atoms with Crippen LogP contribution in [0.4, 0.5) is 0 Å². The standard InChI is InChI=1S/C14H11NO3S/c1-10-8-12(2-3-13(10)9-15)11-4-6-14(7-5-11)19(16,17)18/h2-8H,1H3,(H,16,17,18). The van der Waals surface area contributed by atoms with E-state index in [4.69, 9.17) is 9.81 Å². The molecule has 0 bridgehead atoms. The van der Waals surface area contributed by atoms with Crippen molar-refractivity contribution in [2.75, 3.05) is 0 Å². The molecule has 4 nitrogen and oxygen atoms in total. The fourth-order valence-electron chi connectivity index (χ4n) is 1.79. The summed E-state index contributed by atoms with van der Waals surface area (Å²) in [5, 5.41) is 8.86. The van der Waals surface area contributed by atoms with Gasteiger partial charge < -0.3 is 0 Å². The smallest absolute Gasteiger partial charge is 0.282 e. The number of rotatable bonds is 2. The zero-order chi connectivity index (χ0) is 14.0. The van der Waals surface area contributed by atoms with Crippen molar-refractivity contribution < 1.29 is 13.0 Å². The van der Waals surface area contributed by atoms with Gasteiger partial charge in [0.25, 0.3) is 10.1 Å². The molecule has 0 aliphatic carbocycles. The van der Waals surface area contributed by atoms with Crippen LogP contribution in [0, 0.1) is 18.3 Å². The van der Waals surface area contributed by atoms with Gasteiger partial charge in [-0.2, -0.15) is 13.7 Å². The minimum atomic E-state index is -4.16. The third-order valence-corrected chi connectivity index (χ3v) is 3.70. The molecule has 0 amide bonds. The van der Waals surface area contributed by atoms with Crippen LogP contribution in [0.15, 0.2) is 47.4 Å². The van der Waals surface area contributed by atoms with Crippen molar-refractivity contribution in [2.45, 2.75) is 11.8 Å². The second kappa shape index (κ2) is 4.84. The van der Waals surface area contributed by atoms with E-state index < -0.39 is 10.1 Å². The Morgan fingerprint density at radius 2 is 1.63 bits per heavy atom. The summed E-state index contributed by atoms with van der Waals surface area (Å²) >= 11 is 0. The molecule has 19 heavy (non-hydrogen) atoms. The van der Waals surface area contributed by atoms with E-state index in [1.165, 1.54) is 12.1 Å². The Hall–Kier alpha value is -2.16. The summed E-state index contributed by atoms with van der Waals surface area (Å²) in [5.74, 6) is 0. The number of benzene rings is 2. The van der Waals surface area contributed by atoms with Gasteiger partial charge in [-0.1, -0.05) is 24.3 Å². The lowest BCUT2D eigenvalue weighted by atomic mass is 10.0. The Morgan fingerprint density at radius 1 is 1.05 bits per heavy atom. The molecule has 0 aromatic heterocycles. The number of nitriles is 1. The zero-order valence-corrected chi connectivity index (χ0v) is 11.0. The van der Waals surface area contributed by atoms with Gasteiger partial charge in [-0.25, -0.2) is 0 Å². The Balaban J connectivity index is 2.44. The Morgan fingerprint density at radius 3 is 2.11 bits per heavy atom. The molecule has 2 aromatic rings. The highest BCUT2D eigenvalue weighted by Crippen LogP contribution is 2.23. The second-order valence-electron chi connectivity index (χ2n) is 4.14. The maximum Gasteiger partial charge on any atom is 0.294 e. The first-order valence-electron chi connectivity index (χ1n) is 5.50. The third kappa shape index (κ3) is 2.81. The SMILES string of the molecule is Cc1cc(-c2ccc(S(=O)(=O)O)cc2)ccc1C#N. The fraction of sp³-hybridized carbons (Fsp3) is 0.0714. The van der Waals surface area contributed by atoms with Crippen LogP contribution in [0.3, 0.4) is 0 Å². The lowest BCUT2D eigenvalue weighted by Gasteiger charge is -2.05. The maximum atomic E-state index is 10.9. The molecule has 0 atom stereocenters. The fourth-order valence-corrected chi connectivity index (χ4v) is 2.27. The van der Waals surface area contributed by atoms with E-state index in [9.17, 15) is 8.42 Å². The molecule has 96 valence electrons. The Labute approximate surface area is 111 Å². The summed E-state index contributed by atoms with van der Waals surface area (Å²) in [7, 11) is -4.16. The van der Waals surface area contributed by atoms with Crippen molar-refractivity contribution >= 4 is 10.1 Å². The van der Waals surface area contributed by atoms with Crippen LogP contribution in [0.1, 0.15) is 11.1 Å². The average Bonchev–Trinajstić information content (AvgIpc) is 2.38. The summed E-state index contributed by atoms with van der Waals surface area (Å²) < 4.78 is 30.8. The first kappa shape index (κ1) is 13.3. The van der Waals surface area contributed by atoms with Crippen LogP contribution >= 0.6 is 0 Å². The molecular weight excluding hydrogens is 262 g/mol. The monoisotopic (exact) mass is 273 g/mol. The minimum absolute atomic E-state index is 0.137. The van der Waals surface area contributed by atoms with Crippen molar-refractivity contribution in [3.05, 3.63) is 53.6 Å². The second-order valence-corrected chi connectivity index (χ2v) is 5.56. The summed E-state index contributed by atoms with van der Waals surface area (Å²) in [6.45, 7) is 1.84. The van der Waals surface area contributed by atoms with Crippen molar-refractivity contribution in [3.63, 3.8) is 0 Å². The highest BCUT2D eigenvalue weighted by Gasteiger charge is 2.09.